The molecule has 0 atom stereocenters. The van der Waals surface area contributed by atoms with Crippen LogP contribution >= 0.6 is 23.4 Å². The third kappa shape index (κ3) is 4.75. The molecule has 0 aliphatic heterocycles. The van der Waals surface area contributed by atoms with E-state index in [2.05, 4.69) is 10.3 Å². The molecule has 1 heterocycles. The lowest BCUT2D eigenvalue weighted by atomic mass is 10.1. The molecule has 5 heteroatoms. The largest absolute Gasteiger partial charge is 0.326 e. The fraction of sp³-hybridized carbons (Fsp3) is 0.294. The fourth-order valence-corrected chi connectivity index (χ4v) is 3.20. The van der Waals surface area contributed by atoms with Crippen LogP contribution in [0.15, 0.2) is 41.6 Å². The van der Waals surface area contributed by atoms with E-state index < -0.39 is 0 Å². The molecule has 1 amide bonds. The minimum absolute atomic E-state index is 0.0464. The third-order valence-electron chi connectivity index (χ3n) is 3.26. The molecule has 0 fully saturated rings. The van der Waals surface area contributed by atoms with Crippen LogP contribution in [0.4, 0.5) is 5.69 Å². The molecule has 0 spiro atoms. The number of hydrogen-bond donors (Lipinski definition) is 1. The zero-order valence-corrected chi connectivity index (χ0v) is 14.3. The zero-order chi connectivity index (χ0) is 15.9. The number of carbonyl (C=O) groups is 1. The lowest BCUT2D eigenvalue weighted by molar-refractivity contribution is -0.116. The van der Waals surface area contributed by atoms with E-state index in [4.69, 9.17) is 11.6 Å². The Morgan fingerprint density at radius 2 is 1.95 bits per heavy atom. The van der Waals surface area contributed by atoms with Gasteiger partial charge in [0, 0.05) is 24.1 Å². The van der Waals surface area contributed by atoms with Crippen molar-refractivity contribution in [3.8, 4) is 0 Å². The maximum Gasteiger partial charge on any atom is 0.224 e. The summed E-state index contributed by atoms with van der Waals surface area (Å²) in [5.41, 5.74) is 3.10. The highest BCUT2D eigenvalue weighted by Gasteiger charge is 2.07. The molecule has 1 aromatic heterocycles. The first kappa shape index (κ1) is 16.8. The highest BCUT2D eigenvalue weighted by Crippen LogP contribution is 2.25. The molecule has 1 N–H and O–H groups in total. The van der Waals surface area contributed by atoms with Crippen molar-refractivity contribution >= 4 is 35.0 Å². The zero-order valence-electron chi connectivity index (χ0n) is 12.7. The second-order valence-corrected chi connectivity index (χ2v) is 6.55. The number of benzene rings is 1. The average Bonchev–Trinajstić information content (AvgIpc) is 2.49. The number of hydrogen-bond acceptors (Lipinski definition) is 3. The van der Waals surface area contributed by atoms with Gasteiger partial charge >= 0.3 is 0 Å². The van der Waals surface area contributed by atoms with Crippen LogP contribution in [-0.4, -0.2) is 16.6 Å². The molecule has 2 aromatic rings. The van der Waals surface area contributed by atoms with Gasteiger partial charge in [0.1, 0.15) is 5.03 Å². The van der Waals surface area contributed by atoms with Gasteiger partial charge in [-0.15, -0.1) is 11.8 Å². The van der Waals surface area contributed by atoms with Gasteiger partial charge in [0.2, 0.25) is 5.91 Å². The summed E-state index contributed by atoms with van der Waals surface area (Å²) >= 11 is 7.62. The number of aryl methyl sites for hydroxylation is 2. The topological polar surface area (TPSA) is 42.0 Å². The van der Waals surface area contributed by atoms with Crippen LogP contribution in [0.1, 0.15) is 24.0 Å². The summed E-state index contributed by atoms with van der Waals surface area (Å²) in [7, 11) is 0. The molecule has 0 saturated carbocycles. The van der Waals surface area contributed by atoms with Crippen molar-refractivity contribution in [2.45, 2.75) is 31.7 Å². The Kier molecular flexibility index (Phi) is 6.28. The van der Waals surface area contributed by atoms with Gasteiger partial charge in [-0.25, -0.2) is 4.98 Å². The van der Waals surface area contributed by atoms with Crippen molar-refractivity contribution < 1.29 is 4.79 Å². The Balaban J connectivity index is 1.78. The molecule has 22 heavy (non-hydrogen) atoms. The normalized spacial score (nSPS) is 10.5. The Morgan fingerprint density at radius 3 is 2.64 bits per heavy atom. The highest BCUT2D eigenvalue weighted by atomic mass is 35.5. The summed E-state index contributed by atoms with van der Waals surface area (Å²) in [6, 6.07) is 9.63. The number of anilines is 1. The number of aromatic nitrogens is 1. The molecule has 0 saturated heterocycles. The molecule has 2 rings (SSSR count). The van der Waals surface area contributed by atoms with Crippen molar-refractivity contribution in [2.75, 3.05) is 11.1 Å². The smallest absolute Gasteiger partial charge is 0.224 e. The van der Waals surface area contributed by atoms with Crippen molar-refractivity contribution in [2.24, 2.45) is 0 Å². The van der Waals surface area contributed by atoms with Gasteiger partial charge in [0.15, 0.2) is 0 Å². The monoisotopic (exact) mass is 334 g/mol. The van der Waals surface area contributed by atoms with Crippen LogP contribution in [0.25, 0.3) is 0 Å². The van der Waals surface area contributed by atoms with E-state index in [9.17, 15) is 4.79 Å². The second kappa shape index (κ2) is 8.20. The fourth-order valence-electron chi connectivity index (χ4n) is 2.09. The predicted molar refractivity (Wildman–Crippen MR) is 93.8 cm³/mol. The highest BCUT2D eigenvalue weighted by molar-refractivity contribution is 7.99. The Morgan fingerprint density at radius 1 is 1.23 bits per heavy atom. The molecule has 0 bridgehead atoms. The number of halogens is 1. The van der Waals surface area contributed by atoms with E-state index in [1.807, 2.05) is 44.2 Å². The third-order valence-corrected chi connectivity index (χ3v) is 4.77. The van der Waals surface area contributed by atoms with Gasteiger partial charge in [0.05, 0.1) is 5.02 Å². The lowest BCUT2D eigenvalue weighted by Gasteiger charge is -2.11. The summed E-state index contributed by atoms with van der Waals surface area (Å²) < 4.78 is 0. The van der Waals surface area contributed by atoms with Crippen molar-refractivity contribution in [1.82, 2.24) is 4.98 Å². The summed E-state index contributed by atoms with van der Waals surface area (Å²) in [5.74, 6) is 0.863. The van der Waals surface area contributed by atoms with Crippen molar-refractivity contribution in [3.05, 3.63) is 52.7 Å². The molecule has 0 aliphatic carbocycles. The van der Waals surface area contributed by atoms with Crippen LogP contribution in [-0.2, 0) is 4.79 Å². The Hall–Kier alpha value is -1.52. The van der Waals surface area contributed by atoms with E-state index >= 15 is 0 Å². The maximum atomic E-state index is 12.0. The van der Waals surface area contributed by atoms with Crippen molar-refractivity contribution in [1.29, 1.82) is 0 Å². The van der Waals surface area contributed by atoms with Crippen LogP contribution in [0.3, 0.4) is 0 Å². The minimum Gasteiger partial charge on any atom is -0.326 e. The van der Waals surface area contributed by atoms with Gasteiger partial charge in [0.25, 0.3) is 0 Å². The van der Waals surface area contributed by atoms with Gasteiger partial charge in [-0.05, 0) is 43.5 Å². The molecule has 116 valence electrons. The van der Waals surface area contributed by atoms with Crippen LogP contribution in [0, 0.1) is 13.8 Å². The quantitative estimate of drug-likeness (QED) is 0.605. The van der Waals surface area contributed by atoms with E-state index in [0.29, 0.717) is 11.4 Å². The summed E-state index contributed by atoms with van der Waals surface area (Å²) in [6.07, 6.45) is 3.00. The minimum atomic E-state index is 0.0464. The molecule has 3 nitrogen and oxygen atoms in total. The molecule has 0 unspecified atom stereocenters. The summed E-state index contributed by atoms with van der Waals surface area (Å²) in [4.78, 5) is 16.2. The van der Waals surface area contributed by atoms with Gasteiger partial charge in [-0.1, -0.05) is 29.8 Å². The van der Waals surface area contributed by atoms with Gasteiger partial charge in [-0.3, -0.25) is 4.79 Å². The number of nitrogens with zero attached hydrogens (tertiary/aromatic N) is 1. The first-order chi connectivity index (χ1) is 10.6. The van der Waals surface area contributed by atoms with E-state index in [-0.39, 0.29) is 5.91 Å². The van der Waals surface area contributed by atoms with Gasteiger partial charge in [-0.2, -0.15) is 0 Å². The predicted octanol–water partition coefficient (Wildman–Crippen LogP) is 4.86. The van der Waals surface area contributed by atoms with E-state index in [0.717, 1.165) is 34.0 Å². The number of amides is 1. The molecule has 1 aromatic carbocycles. The van der Waals surface area contributed by atoms with E-state index in [1.54, 1.807) is 18.0 Å². The lowest BCUT2D eigenvalue weighted by Crippen LogP contribution is -2.13. The Bertz CT molecular complexity index is 641. The standard InChI is InChI=1S/C17H19ClN2OS/c1-12-6-3-7-13(2)16(12)20-15(21)9-5-11-22-17-14(18)8-4-10-19-17/h3-4,6-8,10H,5,9,11H2,1-2H3,(H,20,21). The van der Waals surface area contributed by atoms with Gasteiger partial charge < -0.3 is 5.32 Å². The number of nitrogens with one attached hydrogen (secondary N) is 1. The first-order valence-corrected chi connectivity index (χ1v) is 8.53. The number of thioether (sulfide) groups is 1. The van der Waals surface area contributed by atoms with Crippen molar-refractivity contribution in [3.63, 3.8) is 0 Å². The average molecular weight is 335 g/mol. The van der Waals surface area contributed by atoms with E-state index in [1.165, 1.54) is 0 Å². The SMILES string of the molecule is Cc1cccc(C)c1NC(=O)CCCSc1ncccc1Cl. The molecular formula is C17H19ClN2OS. The number of rotatable bonds is 6. The first-order valence-electron chi connectivity index (χ1n) is 7.17. The maximum absolute atomic E-state index is 12.0. The molecule has 0 aliphatic rings. The summed E-state index contributed by atoms with van der Waals surface area (Å²) in [6.45, 7) is 4.00. The number of pyridine rings is 1. The second-order valence-electron chi connectivity index (χ2n) is 5.06. The number of carbonyl (C=O) groups excluding carboxylic acids is 1. The molecular weight excluding hydrogens is 316 g/mol. The van der Waals surface area contributed by atoms with Crippen LogP contribution in [0.5, 0.6) is 0 Å². The number of para-hydroxylation sites is 1. The van der Waals surface area contributed by atoms with Crippen LogP contribution in [0.2, 0.25) is 5.02 Å². The molecule has 0 radical (unpaired) electrons. The Labute approximate surface area is 140 Å². The van der Waals surface area contributed by atoms with Crippen LogP contribution < -0.4 is 5.32 Å². The summed E-state index contributed by atoms with van der Waals surface area (Å²) in [5, 5.41) is 4.48.